The van der Waals surface area contributed by atoms with E-state index in [-0.39, 0.29) is 24.7 Å². The Morgan fingerprint density at radius 2 is 1.84 bits per heavy atom. The number of amides is 2. The summed E-state index contributed by atoms with van der Waals surface area (Å²) < 4.78 is 11.0. The fourth-order valence-electron chi connectivity index (χ4n) is 3.76. The summed E-state index contributed by atoms with van der Waals surface area (Å²) >= 11 is 0. The molecule has 3 aromatic rings. The van der Waals surface area contributed by atoms with Gasteiger partial charge in [-0.3, -0.25) is 9.59 Å². The van der Waals surface area contributed by atoms with E-state index in [0.717, 1.165) is 29.1 Å². The van der Waals surface area contributed by atoms with Gasteiger partial charge in [-0.25, -0.2) is 0 Å². The number of hydrogen-bond donors (Lipinski definition) is 0. The first kappa shape index (κ1) is 21.6. The second-order valence-corrected chi connectivity index (χ2v) is 7.82. The van der Waals surface area contributed by atoms with E-state index in [1.165, 1.54) is 0 Å². The molecule has 1 aliphatic rings. The van der Waals surface area contributed by atoms with Gasteiger partial charge in [0.2, 0.25) is 11.8 Å². The third-order valence-corrected chi connectivity index (χ3v) is 5.55. The molecule has 0 bridgehead atoms. The highest BCUT2D eigenvalue weighted by Crippen LogP contribution is 2.31. The van der Waals surface area contributed by atoms with Crippen LogP contribution >= 0.6 is 0 Å². The number of fused-ring (bicyclic) bond motifs is 1. The highest BCUT2D eigenvalue weighted by molar-refractivity contribution is 5.97. The second-order valence-electron chi connectivity index (χ2n) is 7.82. The monoisotopic (exact) mass is 433 g/mol. The van der Waals surface area contributed by atoms with E-state index in [1.54, 1.807) is 16.8 Å². The Labute approximate surface area is 187 Å². The van der Waals surface area contributed by atoms with Gasteiger partial charge in [0.05, 0.1) is 12.2 Å². The number of anilines is 1. The van der Waals surface area contributed by atoms with E-state index in [0.29, 0.717) is 31.9 Å². The second kappa shape index (κ2) is 10.1. The number of benzene rings is 2. The number of ether oxygens (including phenoxy) is 1. The Morgan fingerprint density at radius 3 is 2.69 bits per heavy atom. The van der Waals surface area contributed by atoms with Crippen LogP contribution in [0.25, 0.3) is 11.3 Å². The molecule has 0 saturated carbocycles. The molecule has 0 N–H and O–H groups in total. The van der Waals surface area contributed by atoms with Gasteiger partial charge in [0.25, 0.3) is 0 Å². The molecule has 4 rings (SSSR count). The molecule has 0 atom stereocenters. The number of hydrogen-bond acceptors (Lipinski definition) is 5. The van der Waals surface area contributed by atoms with Gasteiger partial charge >= 0.3 is 0 Å². The Balaban J connectivity index is 1.21. The van der Waals surface area contributed by atoms with Crippen molar-refractivity contribution >= 4 is 17.5 Å². The molecule has 0 radical (unpaired) electrons. The summed E-state index contributed by atoms with van der Waals surface area (Å²) in [5.41, 5.74) is 2.60. The van der Waals surface area contributed by atoms with Crippen LogP contribution in [0.4, 0.5) is 5.69 Å². The van der Waals surface area contributed by atoms with Gasteiger partial charge in [-0.15, -0.1) is 0 Å². The number of rotatable bonds is 8. The maximum Gasteiger partial charge on any atom is 0.227 e. The van der Waals surface area contributed by atoms with Crippen LogP contribution in [-0.2, 0) is 16.0 Å². The molecule has 7 nitrogen and oxygen atoms in total. The fourth-order valence-corrected chi connectivity index (χ4v) is 3.76. The maximum atomic E-state index is 12.7. The first-order chi connectivity index (χ1) is 15.6. The van der Waals surface area contributed by atoms with Crippen molar-refractivity contribution in [2.24, 2.45) is 0 Å². The van der Waals surface area contributed by atoms with E-state index in [1.807, 2.05) is 60.7 Å². The van der Waals surface area contributed by atoms with Crippen LogP contribution in [0.3, 0.4) is 0 Å². The third kappa shape index (κ3) is 5.17. The summed E-state index contributed by atoms with van der Waals surface area (Å²) in [6.07, 6.45) is 1.83. The molecular weight excluding hydrogens is 406 g/mol. The lowest BCUT2D eigenvalue weighted by atomic mass is 10.1. The van der Waals surface area contributed by atoms with Gasteiger partial charge in [0.15, 0.2) is 0 Å². The predicted octanol–water partition coefficient (Wildman–Crippen LogP) is 3.94. The van der Waals surface area contributed by atoms with Crippen LogP contribution < -0.4 is 9.64 Å². The number of carbonyl (C=O) groups is 2. The summed E-state index contributed by atoms with van der Waals surface area (Å²) in [7, 11) is 1.77. The lowest BCUT2D eigenvalue weighted by Gasteiger charge is -2.29. The summed E-state index contributed by atoms with van der Waals surface area (Å²) in [4.78, 5) is 28.6. The lowest BCUT2D eigenvalue weighted by molar-refractivity contribution is -0.132. The SMILES string of the molecule is CN(CCCc1cc(-c2ccccc2)no1)C(=O)CCC(=O)N1CCOc2ccccc21. The number of nitrogens with zero attached hydrogens (tertiary/aromatic N) is 3. The first-order valence-electron chi connectivity index (χ1n) is 10.9. The Bertz CT molecular complexity index is 1060. The lowest BCUT2D eigenvalue weighted by Crippen LogP contribution is -2.38. The van der Waals surface area contributed by atoms with Crippen molar-refractivity contribution in [3.8, 4) is 17.0 Å². The molecule has 0 unspecified atom stereocenters. The van der Waals surface area contributed by atoms with Crippen molar-refractivity contribution in [3.63, 3.8) is 0 Å². The summed E-state index contributed by atoms with van der Waals surface area (Å²) in [5.74, 6) is 1.41. The van der Waals surface area contributed by atoms with Crippen LogP contribution in [0.5, 0.6) is 5.75 Å². The average molecular weight is 434 g/mol. The molecule has 7 heteroatoms. The van der Waals surface area contributed by atoms with Crippen LogP contribution in [0.1, 0.15) is 25.0 Å². The van der Waals surface area contributed by atoms with Crippen LogP contribution in [-0.4, -0.2) is 48.6 Å². The van der Waals surface area contributed by atoms with Gasteiger partial charge in [-0.2, -0.15) is 0 Å². The molecular formula is C25H27N3O4. The minimum Gasteiger partial charge on any atom is -0.490 e. The number of para-hydroxylation sites is 2. The third-order valence-electron chi connectivity index (χ3n) is 5.55. The number of aromatic nitrogens is 1. The summed E-state index contributed by atoms with van der Waals surface area (Å²) in [6.45, 7) is 1.56. The maximum absolute atomic E-state index is 12.7. The van der Waals surface area contributed by atoms with E-state index in [9.17, 15) is 9.59 Å². The van der Waals surface area contributed by atoms with Crippen LogP contribution in [0.2, 0.25) is 0 Å². The number of aryl methyl sites for hydroxylation is 1. The van der Waals surface area contributed by atoms with Crippen molar-refractivity contribution in [1.29, 1.82) is 0 Å². The molecule has 1 aliphatic heterocycles. The highest BCUT2D eigenvalue weighted by Gasteiger charge is 2.24. The number of carbonyl (C=O) groups excluding carboxylic acids is 2. The van der Waals surface area contributed by atoms with Gasteiger partial charge in [-0.05, 0) is 18.6 Å². The van der Waals surface area contributed by atoms with Crippen LogP contribution in [0.15, 0.2) is 65.2 Å². The fraction of sp³-hybridized carbons (Fsp3) is 0.320. The van der Waals surface area contributed by atoms with Crippen molar-refractivity contribution in [3.05, 3.63) is 66.4 Å². The average Bonchev–Trinajstić information content (AvgIpc) is 3.31. The minimum absolute atomic E-state index is 0.0394. The van der Waals surface area contributed by atoms with Crippen molar-refractivity contribution < 1.29 is 18.8 Å². The van der Waals surface area contributed by atoms with E-state index in [4.69, 9.17) is 9.26 Å². The Morgan fingerprint density at radius 1 is 1.06 bits per heavy atom. The molecule has 2 amide bonds. The largest absolute Gasteiger partial charge is 0.490 e. The highest BCUT2D eigenvalue weighted by atomic mass is 16.5. The van der Waals surface area contributed by atoms with E-state index >= 15 is 0 Å². The summed E-state index contributed by atoms with van der Waals surface area (Å²) in [6, 6.07) is 19.3. The van der Waals surface area contributed by atoms with E-state index in [2.05, 4.69) is 5.16 Å². The standard InChI is InChI=1S/C25H27N3O4/c1-27(15-7-10-20-18-21(26-32-20)19-8-3-2-4-9-19)24(29)13-14-25(30)28-16-17-31-23-12-6-5-11-22(23)28/h2-6,8-9,11-12,18H,7,10,13-17H2,1H3. The topological polar surface area (TPSA) is 75.9 Å². The zero-order valence-corrected chi connectivity index (χ0v) is 18.2. The van der Waals surface area contributed by atoms with Gasteiger partial charge < -0.3 is 19.1 Å². The molecule has 0 spiro atoms. The van der Waals surface area contributed by atoms with Gasteiger partial charge in [0, 0.05) is 44.5 Å². The molecule has 166 valence electrons. The zero-order valence-electron chi connectivity index (χ0n) is 18.2. The predicted molar refractivity (Wildman–Crippen MR) is 121 cm³/mol. The molecule has 0 fully saturated rings. The molecule has 2 heterocycles. The molecule has 1 aromatic heterocycles. The molecule has 0 saturated heterocycles. The smallest absolute Gasteiger partial charge is 0.227 e. The Kier molecular flexibility index (Phi) is 6.84. The summed E-state index contributed by atoms with van der Waals surface area (Å²) in [5, 5.41) is 4.12. The Hall–Kier alpha value is -3.61. The molecule has 0 aliphatic carbocycles. The minimum atomic E-state index is -0.0578. The molecule has 32 heavy (non-hydrogen) atoms. The van der Waals surface area contributed by atoms with Gasteiger partial charge in [-0.1, -0.05) is 47.6 Å². The zero-order chi connectivity index (χ0) is 22.3. The quantitative estimate of drug-likeness (QED) is 0.538. The van der Waals surface area contributed by atoms with Crippen molar-refractivity contribution in [2.75, 3.05) is 31.6 Å². The first-order valence-corrected chi connectivity index (χ1v) is 10.9. The molecule has 2 aromatic carbocycles. The van der Waals surface area contributed by atoms with Crippen LogP contribution in [0, 0.1) is 0 Å². The van der Waals surface area contributed by atoms with Gasteiger partial charge in [0.1, 0.15) is 23.8 Å². The van der Waals surface area contributed by atoms with Crippen molar-refractivity contribution in [1.82, 2.24) is 10.1 Å². The van der Waals surface area contributed by atoms with E-state index < -0.39 is 0 Å². The van der Waals surface area contributed by atoms with Crippen molar-refractivity contribution in [2.45, 2.75) is 25.7 Å². The normalized spacial score (nSPS) is 12.7.